The average molecular weight is 404 g/mol. The van der Waals surface area contributed by atoms with E-state index in [0.717, 1.165) is 24.7 Å². The van der Waals surface area contributed by atoms with E-state index in [4.69, 9.17) is 4.74 Å². The molecule has 2 aromatic heterocycles. The first-order valence-corrected chi connectivity index (χ1v) is 11.5. The van der Waals surface area contributed by atoms with Crippen molar-refractivity contribution in [2.24, 2.45) is 17.8 Å². The van der Waals surface area contributed by atoms with Crippen LogP contribution >= 0.6 is 22.7 Å². The van der Waals surface area contributed by atoms with Gasteiger partial charge in [-0.15, -0.1) is 22.7 Å². The van der Waals surface area contributed by atoms with Crippen LogP contribution in [-0.2, 0) is 15.1 Å². The second kappa shape index (κ2) is 6.69. The summed E-state index contributed by atoms with van der Waals surface area (Å²) < 4.78 is 6.01. The van der Waals surface area contributed by atoms with Crippen LogP contribution in [0.5, 0.6) is 0 Å². The first-order valence-electron chi connectivity index (χ1n) is 9.77. The van der Waals surface area contributed by atoms with Crippen molar-refractivity contribution in [1.29, 1.82) is 0 Å². The molecule has 27 heavy (non-hydrogen) atoms. The van der Waals surface area contributed by atoms with Crippen molar-refractivity contribution in [3.8, 4) is 0 Å². The zero-order chi connectivity index (χ0) is 18.6. The van der Waals surface area contributed by atoms with E-state index in [1.807, 2.05) is 35.0 Å². The molecule has 5 rings (SSSR count). The summed E-state index contributed by atoms with van der Waals surface area (Å²) in [7, 11) is 2.21. The Morgan fingerprint density at radius 1 is 1.11 bits per heavy atom. The van der Waals surface area contributed by atoms with E-state index in [1.165, 1.54) is 42.1 Å². The third kappa shape index (κ3) is 3.07. The third-order valence-electron chi connectivity index (χ3n) is 6.73. The number of fused-ring (bicyclic) bond motifs is 4. The van der Waals surface area contributed by atoms with Crippen LogP contribution in [0.1, 0.15) is 35.4 Å². The molecule has 6 heteroatoms. The quantitative estimate of drug-likeness (QED) is 0.791. The van der Waals surface area contributed by atoms with Gasteiger partial charge in [0.2, 0.25) is 5.60 Å². The number of hydrogen-bond donors (Lipinski definition) is 1. The molecular formula is C21H25NO3S2. The van der Waals surface area contributed by atoms with Gasteiger partial charge in [0, 0.05) is 12.6 Å². The number of aliphatic hydroxyl groups is 1. The molecule has 3 fully saturated rings. The number of nitrogens with zero attached hydrogens (tertiary/aromatic N) is 1. The number of thiophene rings is 2. The fourth-order valence-electron chi connectivity index (χ4n) is 5.19. The Morgan fingerprint density at radius 3 is 2.44 bits per heavy atom. The molecule has 3 heterocycles. The number of rotatable bonds is 4. The van der Waals surface area contributed by atoms with Crippen molar-refractivity contribution < 1.29 is 14.6 Å². The molecule has 2 aliphatic carbocycles. The van der Waals surface area contributed by atoms with Crippen LogP contribution in [0.4, 0.5) is 0 Å². The van der Waals surface area contributed by atoms with Crippen LogP contribution in [0.2, 0.25) is 0 Å². The number of hydrogen-bond acceptors (Lipinski definition) is 6. The SMILES string of the molecule is CN1C[C@@H]2C[C@@H]2C2CC(OC(=O)C(O)(c3cccs3)c3cccs3)CC1C2. The van der Waals surface area contributed by atoms with E-state index >= 15 is 0 Å². The Bertz CT molecular complexity index is 763. The third-order valence-corrected chi connectivity index (χ3v) is 8.69. The summed E-state index contributed by atoms with van der Waals surface area (Å²) in [5, 5.41) is 15.2. The van der Waals surface area contributed by atoms with Gasteiger partial charge in [-0.05, 0) is 73.4 Å². The maximum atomic E-state index is 13.2. The fraction of sp³-hybridized carbons (Fsp3) is 0.571. The molecule has 3 aliphatic rings. The van der Waals surface area contributed by atoms with E-state index in [1.54, 1.807) is 0 Å². The number of likely N-dealkylation sites (tertiary alicyclic amines) is 1. The maximum Gasteiger partial charge on any atom is 0.349 e. The van der Waals surface area contributed by atoms with Crippen LogP contribution in [0.15, 0.2) is 35.0 Å². The largest absolute Gasteiger partial charge is 0.460 e. The first kappa shape index (κ1) is 17.9. The topological polar surface area (TPSA) is 49.8 Å². The highest BCUT2D eigenvalue weighted by Crippen LogP contribution is 2.53. The standard InChI is InChI=1S/C21H25NO3S2/c1-22-12-14-10-17(14)13-8-15(22)11-16(9-13)25-20(23)21(24,18-4-2-6-26-18)19-5-3-7-27-19/h2-7,13-17,24H,8-12H2,1H3/t13?,14-,15?,16?,17+/m0/s1. The lowest BCUT2D eigenvalue weighted by Crippen LogP contribution is -2.44. The van der Waals surface area contributed by atoms with Gasteiger partial charge < -0.3 is 14.7 Å². The predicted molar refractivity (Wildman–Crippen MR) is 107 cm³/mol. The Morgan fingerprint density at radius 2 is 1.81 bits per heavy atom. The van der Waals surface area contributed by atoms with E-state index in [2.05, 4.69) is 11.9 Å². The Kier molecular flexibility index (Phi) is 4.43. The van der Waals surface area contributed by atoms with Gasteiger partial charge in [-0.2, -0.15) is 0 Å². The number of carbonyl (C=O) groups is 1. The minimum atomic E-state index is -1.70. The number of carbonyl (C=O) groups excluding carboxylic acids is 1. The van der Waals surface area contributed by atoms with Gasteiger partial charge >= 0.3 is 5.97 Å². The lowest BCUT2D eigenvalue weighted by Gasteiger charge is -2.38. The van der Waals surface area contributed by atoms with Crippen LogP contribution in [0.25, 0.3) is 0 Å². The lowest BCUT2D eigenvalue weighted by atomic mass is 9.81. The highest BCUT2D eigenvalue weighted by Gasteiger charge is 2.51. The van der Waals surface area contributed by atoms with Crippen molar-refractivity contribution in [2.75, 3.05) is 13.6 Å². The van der Waals surface area contributed by atoms with E-state index in [0.29, 0.717) is 21.7 Å². The van der Waals surface area contributed by atoms with Gasteiger partial charge in [0.05, 0.1) is 9.75 Å². The molecule has 0 radical (unpaired) electrons. The molecule has 1 aliphatic heterocycles. The maximum absolute atomic E-state index is 13.2. The summed E-state index contributed by atoms with van der Waals surface area (Å²) in [6, 6.07) is 7.85. The summed E-state index contributed by atoms with van der Waals surface area (Å²) in [4.78, 5) is 17.0. The number of esters is 1. The van der Waals surface area contributed by atoms with Crippen LogP contribution in [0.3, 0.4) is 0 Å². The lowest BCUT2D eigenvalue weighted by molar-refractivity contribution is -0.170. The molecule has 2 saturated carbocycles. The second-order valence-corrected chi connectivity index (χ2v) is 10.3. The highest BCUT2D eigenvalue weighted by molar-refractivity contribution is 7.12. The molecule has 2 bridgehead atoms. The molecule has 5 atom stereocenters. The van der Waals surface area contributed by atoms with Crippen LogP contribution in [0, 0.1) is 17.8 Å². The van der Waals surface area contributed by atoms with Gasteiger partial charge in [0.1, 0.15) is 6.10 Å². The molecular weight excluding hydrogens is 378 g/mol. The summed E-state index contributed by atoms with van der Waals surface area (Å²) in [5.41, 5.74) is -1.70. The Balaban J connectivity index is 1.39. The molecule has 3 unspecified atom stereocenters. The van der Waals surface area contributed by atoms with Crippen LogP contribution < -0.4 is 0 Å². The zero-order valence-electron chi connectivity index (χ0n) is 15.4. The fourth-order valence-corrected chi connectivity index (χ4v) is 6.90. The van der Waals surface area contributed by atoms with Crippen molar-refractivity contribution in [2.45, 2.75) is 43.4 Å². The number of ether oxygens (including phenoxy) is 1. The van der Waals surface area contributed by atoms with Crippen LogP contribution in [-0.4, -0.2) is 41.7 Å². The predicted octanol–water partition coefficient (Wildman–Crippen LogP) is 3.71. The second-order valence-electron chi connectivity index (χ2n) is 8.41. The van der Waals surface area contributed by atoms with E-state index < -0.39 is 11.6 Å². The van der Waals surface area contributed by atoms with Gasteiger partial charge in [0.25, 0.3) is 0 Å². The van der Waals surface area contributed by atoms with Gasteiger partial charge in [0.15, 0.2) is 0 Å². The van der Waals surface area contributed by atoms with E-state index in [-0.39, 0.29) is 6.10 Å². The zero-order valence-corrected chi connectivity index (χ0v) is 17.0. The molecule has 0 aromatic carbocycles. The molecule has 1 saturated heterocycles. The van der Waals surface area contributed by atoms with Crippen molar-refractivity contribution in [3.05, 3.63) is 44.8 Å². The first-order chi connectivity index (χ1) is 13.1. The van der Waals surface area contributed by atoms with Crippen molar-refractivity contribution >= 4 is 28.6 Å². The minimum Gasteiger partial charge on any atom is -0.460 e. The summed E-state index contributed by atoms with van der Waals surface area (Å²) in [5.74, 6) is 1.79. The molecule has 2 aromatic rings. The summed E-state index contributed by atoms with van der Waals surface area (Å²) in [6.07, 6.45) is 4.28. The van der Waals surface area contributed by atoms with Crippen molar-refractivity contribution in [1.82, 2.24) is 4.90 Å². The molecule has 0 spiro atoms. The monoisotopic (exact) mass is 403 g/mol. The summed E-state index contributed by atoms with van der Waals surface area (Å²) in [6.45, 7) is 1.18. The minimum absolute atomic E-state index is 0.102. The highest BCUT2D eigenvalue weighted by atomic mass is 32.1. The van der Waals surface area contributed by atoms with Crippen molar-refractivity contribution in [3.63, 3.8) is 0 Å². The summed E-state index contributed by atoms with van der Waals surface area (Å²) >= 11 is 2.79. The van der Waals surface area contributed by atoms with Gasteiger partial charge in [-0.1, -0.05) is 12.1 Å². The normalized spacial score (nSPS) is 33.2. The molecule has 1 N–H and O–H groups in total. The molecule has 144 valence electrons. The van der Waals surface area contributed by atoms with E-state index in [9.17, 15) is 9.90 Å². The smallest absolute Gasteiger partial charge is 0.349 e. The molecule has 4 nitrogen and oxygen atoms in total. The Hall–Kier alpha value is -1.21. The van der Waals surface area contributed by atoms with Gasteiger partial charge in [-0.25, -0.2) is 4.79 Å². The van der Waals surface area contributed by atoms with Gasteiger partial charge in [-0.3, -0.25) is 0 Å². The average Bonchev–Trinajstić information content (AvgIpc) is 3.10. The Labute approximate surface area is 167 Å². The molecule has 0 amide bonds.